The zero-order chi connectivity index (χ0) is 20.4. The van der Waals surface area contributed by atoms with E-state index in [1.165, 1.54) is 27.1 Å². The monoisotopic (exact) mass is 393 g/mol. The summed E-state index contributed by atoms with van der Waals surface area (Å²) in [6.45, 7) is 3.46. The lowest BCUT2D eigenvalue weighted by Crippen LogP contribution is -2.40. The van der Waals surface area contributed by atoms with Crippen LogP contribution in [0.4, 0.5) is 5.82 Å². The minimum absolute atomic E-state index is 0.155. The van der Waals surface area contributed by atoms with E-state index in [9.17, 15) is 14.4 Å². The predicted molar refractivity (Wildman–Crippen MR) is 91.5 cm³/mol. The molecule has 0 radical (unpaired) electrons. The van der Waals surface area contributed by atoms with Crippen LogP contribution in [-0.2, 0) is 33.3 Å². The second-order valence-electron chi connectivity index (χ2n) is 6.14. The number of H-pyrrole nitrogens is 1. The van der Waals surface area contributed by atoms with Crippen molar-refractivity contribution >= 4 is 34.8 Å². The molecule has 12 heteroatoms. The molecule has 150 valence electrons. The van der Waals surface area contributed by atoms with Crippen LogP contribution < -0.4 is 5.73 Å². The summed E-state index contributed by atoms with van der Waals surface area (Å²) in [4.78, 5) is 42.4. The van der Waals surface area contributed by atoms with Crippen molar-refractivity contribution in [1.82, 2.24) is 20.2 Å². The van der Waals surface area contributed by atoms with Crippen molar-refractivity contribution in [1.29, 1.82) is 0 Å². The molecule has 28 heavy (non-hydrogen) atoms. The van der Waals surface area contributed by atoms with E-state index in [0.717, 1.165) is 0 Å². The first-order valence-electron chi connectivity index (χ1n) is 8.35. The SMILES string of the molecule is CC(=O)OC[C@H]1O[C@@H](c2[nH]nc3c(N)ncnc23)[C@H](OC(C)=O)[C@@H]1OC(C)=O. The zero-order valence-electron chi connectivity index (χ0n) is 15.4. The number of hydrogen-bond donors (Lipinski definition) is 2. The number of aromatic amines is 1. The van der Waals surface area contributed by atoms with E-state index < -0.39 is 42.3 Å². The van der Waals surface area contributed by atoms with E-state index in [2.05, 4.69) is 20.2 Å². The molecule has 0 aliphatic carbocycles. The molecule has 0 spiro atoms. The molecule has 3 N–H and O–H groups in total. The average Bonchev–Trinajstić information content (AvgIpc) is 3.16. The van der Waals surface area contributed by atoms with E-state index >= 15 is 0 Å². The lowest BCUT2D eigenvalue weighted by molar-refractivity contribution is -0.165. The van der Waals surface area contributed by atoms with Gasteiger partial charge in [0, 0.05) is 20.8 Å². The Morgan fingerprint density at radius 1 is 1.07 bits per heavy atom. The summed E-state index contributed by atoms with van der Waals surface area (Å²) < 4.78 is 21.6. The first-order chi connectivity index (χ1) is 13.3. The van der Waals surface area contributed by atoms with E-state index in [-0.39, 0.29) is 12.4 Å². The van der Waals surface area contributed by atoms with Crippen molar-refractivity contribution in [2.24, 2.45) is 0 Å². The lowest BCUT2D eigenvalue weighted by Gasteiger charge is -2.23. The Bertz CT molecular complexity index is 914. The number of nitrogens with two attached hydrogens (primary N) is 1. The largest absolute Gasteiger partial charge is 0.463 e. The van der Waals surface area contributed by atoms with Gasteiger partial charge in [-0.25, -0.2) is 9.97 Å². The van der Waals surface area contributed by atoms with E-state index in [0.29, 0.717) is 16.7 Å². The standard InChI is InChI=1S/C16H19N5O7/c1-6(22)25-4-9-13(26-7(2)23)15(27-8(3)24)14(28-9)11-10-12(21-20-11)16(17)19-5-18-10/h5,9,13-15H,4H2,1-3H3,(H,20,21)(H2,17,18,19)/t9-,13-,14+,15-/m1/s1. The number of hydrogen-bond acceptors (Lipinski definition) is 11. The Morgan fingerprint density at radius 2 is 1.75 bits per heavy atom. The number of rotatable bonds is 5. The second-order valence-corrected chi connectivity index (χ2v) is 6.14. The Kier molecular flexibility index (Phi) is 5.40. The molecule has 0 aromatic carbocycles. The van der Waals surface area contributed by atoms with Gasteiger partial charge < -0.3 is 24.7 Å². The Morgan fingerprint density at radius 3 is 2.39 bits per heavy atom. The molecular formula is C16H19N5O7. The number of nitrogens with zero attached hydrogens (tertiary/aromatic N) is 3. The van der Waals surface area contributed by atoms with Crippen molar-refractivity contribution in [2.75, 3.05) is 12.3 Å². The maximum atomic E-state index is 11.7. The molecule has 0 unspecified atom stereocenters. The number of nitrogen functional groups attached to an aromatic ring is 1. The van der Waals surface area contributed by atoms with Gasteiger partial charge >= 0.3 is 17.9 Å². The normalized spacial score (nSPS) is 24.1. The number of anilines is 1. The molecule has 1 aliphatic heterocycles. The topological polar surface area (TPSA) is 169 Å². The van der Waals surface area contributed by atoms with Gasteiger partial charge in [-0.2, -0.15) is 5.10 Å². The molecule has 4 atom stereocenters. The highest BCUT2D eigenvalue weighted by Gasteiger charge is 2.51. The van der Waals surface area contributed by atoms with Crippen LogP contribution in [0.2, 0.25) is 0 Å². The van der Waals surface area contributed by atoms with E-state index in [4.69, 9.17) is 24.7 Å². The van der Waals surface area contributed by atoms with Crippen molar-refractivity contribution in [3.8, 4) is 0 Å². The summed E-state index contributed by atoms with van der Waals surface area (Å²) in [6, 6.07) is 0. The zero-order valence-corrected chi connectivity index (χ0v) is 15.4. The van der Waals surface area contributed by atoms with Gasteiger partial charge in [-0.15, -0.1) is 0 Å². The highest BCUT2D eigenvalue weighted by molar-refractivity contribution is 5.85. The smallest absolute Gasteiger partial charge is 0.303 e. The molecule has 0 amide bonds. The number of carbonyl (C=O) groups is 3. The lowest BCUT2D eigenvalue weighted by atomic mass is 10.0. The number of nitrogens with one attached hydrogen (secondary N) is 1. The summed E-state index contributed by atoms with van der Waals surface area (Å²) in [7, 11) is 0. The van der Waals surface area contributed by atoms with Crippen molar-refractivity contribution < 1.29 is 33.3 Å². The van der Waals surface area contributed by atoms with Crippen molar-refractivity contribution in [3.63, 3.8) is 0 Å². The highest BCUT2D eigenvalue weighted by Crippen LogP contribution is 2.39. The molecule has 1 saturated heterocycles. The minimum Gasteiger partial charge on any atom is -0.463 e. The van der Waals surface area contributed by atoms with Crippen LogP contribution in [0.5, 0.6) is 0 Å². The maximum Gasteiger partial charge on any atom is 0.303 e. The molecule has 2 aromatic rings. The second kappa shape index (κ2) is 7.76. The van der Waals surface area contributed by atoms with Gasteiger partial charge in [0.2, 0.25) is 0 Å². The van der Waals surface area contributed by atoms with Gasteiger partial charge in [0.1, 0.15) is 30.7 Å². The number of carbonyl (C=O) groups excluding carboxylic acids is 3. The van der Waals surface area contributed by atoms with Crippen LogP contribution in [0.1, 0.15) is 32.6 Å². The number of ether oxygens (including phenoxy) is 4. The predicted octanol–water partition coefficient (Wildman–Crippen LogP) is -0.198. The van der Waals surface area contributed by atoms with Gasteiger partial charge in [-0.05, 0) is 0 Å². The molecule has 2 aromatic heterocycles. The summed E-state index contributed by atoms with van der Waals surface area (Å²) in [5, 5.41) is 6.83. The summed E-state index contributed by atoms with van der Waals surface area (Å²) in [5.41, 5.74) is 6.84. The highest BCUT2D eigenvalue weighted by atomic mass is 16.6. The third kappa shape index (κ3) is 3.86. The first-order valence-corrected chi connectivity index (χ1v) is 8.35. The van der Waals surface area contributed by atoms with Crippen LogP contribution >= 0.6 is 0 Å². The van der Waals surface area contributed by atoms with Gasteiger partial charge in [-0.1, -0.05) is 0 Å². The third-order valence-corrected chi connectivity index (χ3v) is 4.04. The van der Waals surface area contributed by atoms with Crippen LogP contribution in [0.3, 0.4) is 0 Å². The molecular weight excluding hydrogens is 374 g/mol. The number of aromatic nitrogens is 4. The van der Waals surface area contributed by atoms with E-state index in [1.807, 2.05) is 0 Å². The summed E-state index contributed by atoms with van der Waals surface area (Å²) in [5.74, 6) is -1.60. The molecule has 0 bridgehead atoms. The average molecular weight is 393 g/mol. The van der Waals surface area contributed by atoms with Crippen LogP contribution in [0.25, 0.3) is 11.0 Å². The molecule has 1 fully saturated rings. The van der Waals surface area contributed by atoms with Crippen LogP contribution in [-0.4, -0.2) is 63.0 Å². The number of esters is 3. The molecule has 12 nitrogen and oxygen atoms in total. The van der Waals surface area contributed by atoms with Gasteiger partial charge in [0.15, 0.2) is 23.5 Å². The fourth-order valence-electron chi connectivity index (χ4n) is 3.02. The molecule has 3 heterocycles. The van der Waals surface area contributed by atoms with Gasteiger partial charge in [0.25, 0.3) is 0 Å². The molecule has 3 rings (SSSR count). The van der Waals surface area contributed by atoms with Gasteiger partial charge in [-0.3, -0.25) is 19.5 Å². The van der Waals surface area contributed by atoms with E-state index in [1.54, 1.807) is 0 Å². The fourth-order valence-corrected chi connectivity index (χ4v) is 3.02. The number of fused-ring (bicyclic) bond motifs is 1. The van der Waals surface area contributed by atoms with Gasteiger partial charge in [0.05, 0.1) is 5.69 Å². The quantitative estimate of drug-likeness (QED) is 0.509. The molecule has 1 aliphatic rings. The Hall–Kier alpha value is -3.28. The van der Waals surface area contributed by atoms with Crippen LogP contribution in [0.15, 0.2) is 6.33 Å². The summed E-state index contributed by atoms with van der Waals surface area (Å²) >= 11 is 0. The fraction of sp³-hybridized carbons (Fsp3) is 0.500. The Labute approximate surface area is 158 Å². The maximum absolute atomic E-state index is 11.7. The molecule has 0 saturated carbocycles. The third-order valence-electron chi connectivity index (χ3n) is 4.04. The van der Waals surface area contributed by atoms with Crippen molar-refractivity contribution in [3.05, 3.63) is 12.0 Å². The minimum atomic E-state index is -1.03. The summed E-state index contributed by atoms with van der Waals surface area (Å²) in [6.07, 6.45) is -2.58. The van der Waals surface area contributed by atoms with Crippen LogP contribution in [0, 0.1) is 0 Å². The Balaban J connectivity index is 2.01. The van der Waals surface area contributed by atoms with Crippen molar-refractivity contribution in [2.45, 2.75) is 45.2 Å². The first kappa shape index (κ1) is 19.5.